The minimum Gasteiger partial charge on any atom is -0.355 e. The van der Waals surface area contributed by atoms with Gasteiger partial charge >= 0.3 is 0 Å². The molecule has 2 aliphatic rings. The Labute approximate surface area is 150 Å². The summed E-state index contributed by atoms with van der Waals surface area (Å²) in [6.07, 6.45) is 6.64. The number of pyridine rings is 1. The average molecular weight is 348 g/mol. The Kier molecular flexibility index (Phi) is 3.48. The average Bonchev–Trinajstić information content (AvgIpc) is 3.04. The van der Waals surface area contributed by atoms with E-state index in [1.54, 1.807) is 23.1 Å². The highest BCUT2D eigenvalue weighted by Crippen LogP contribution is 2.29. The molecule has 0 spiro atoms. The van der Waals surface area contributed by atoms with Crippen LogP contribution in [0.4, 0.5) is 5.82 Å². The zero-order chi connectivity index (χ0) is 17.7. The number of hydrogen-bond acceptors (Lipinski definition) is 6. The largest absolute Gasteiger partial charge is 0.355 e. The van der Waals surface area contributed by atoms with Gasteiger partial charge in [0.2, 0.25) is 0 Å². The second-order valence-corrected chi connectivity index (χ2v) is 7.25. The molecule has 0 aromatic carbocycles. The zero-order valence-electron chi connectivity index (χ0n) is 14.7. The first-order chi connectivity index (χ1) is 12.7. The highest BCUT2D eigenvalue weighted by molar-refractivity contribution is 5.89. The molecule has 0 amide bonds. The predicted octanol–water partition coefficient (Wildman–Crippen LogP) is 1.52. The lowest BCUT2D eigenvalue weighted by Gasteiger charge is -2.40. The highest BCUT2D eigenvalue weighted by atomic mass is 16.1. The number of nitrogens with zero attached hydrogens (tertiary/aromatic N) is 6. The van der Waals surface area contributed by atoms with Gasteiger partial charge in [-0.2, -0.15) is 5.10 Å². The van der Waals surface area contributed by atoms with Gasteiger partial charge in [-0.1, -0.05) is 0 Å². The van der Waals surface area contributed by atoms with E-state index in [-0.39, 0.29) is 5.56 Å². The fourth-order valence-corrected chi connectivity index (χ4v) is 3.99. The lowest BCUT2D eigenvalue weighted by Crippen LogP contribution is -2.50. The molecule has 5 rings (SSSR count). The van der Waals surface area contributed by atoms with Crippen LogP contribution in [0.5, 0.6) is 0 Å². The maximum Gasteiger partial charge on any atom is 0.267 e. The quantitative estimate of drug-likeness (QED) is 0.714. The third-order valence-corrected chi connectivity index (χ3v) is 5.30. The van der Waals surface area contributed by atoms with Crippen molar-refractivity contribution in [1.29, 1.82) is 0 Å². The van der Waals surface area contributed by atoms with Crippen molar-refractivity contribution >= 4 is 16.7 Å². The van der Waals surface area contributed by atoms with Gasteiger partial charge in [-0.25, -0.2) is 14.6 Å². The summed E-state index contributed by atoms with van der Waals surface area (Å²) in [4.78, 5) is 27.8. The summed E-state index contributed by atoms with van der Waals surface area (Å²) in [5, 5.41) is 5.61. The van der Waals surface area contributed by atoms with Gasteiger partial charge in [0.25, 0.3) is 5.56 Å². The van der Waals surface area contributed by atoms with Crippen LogP contribution in [0.15, 0.2) is 29.3 Å². The molecule has 1 aliphatic carbocycles. The van der Waals surface area contributed by atoms with Crippen LogP contribution in [0.25, 0.3) is 10.9 Å². The highest BCUT2D eigenvalue weighted by Gasteiger charge is 2.30. The third-order valence-electron chi connectivity index (χ3n) is 5.30. The van der Waals surface area contributed by atoms with E-state index in [1.165, 1.54) is 0 Å². The van der Waals surface area contributed by atoms with Gasteiger partial charge < -0.3 is 4.90 Å². The first kappa shape index (κ1) is 15.4. The summed E-state index contributed by atoms with van der Waals surface area (Å²) in [6.45, 7) is 4.32. The normalized spacial score (nSPS) is 16.7. The number of hydrogen-bond donors (Lipinski definition) is 0. The topological polar surface area (TPSA) is 76.8 Å². The van der Waals surface area contributed by atoms with Crippen molar-refractivity contribution in [3.8, 4) is 0 Å². The molecule has 0 atom stereocenters. The van der Waals surface area contributed by atoms with Gasteiger partial charge in [0.1, 0.15) is 11.6 Å². The van der Waals surface area contributed by atoms with Gasteiger partial charge in [0, 0.05) is 36.7 Å². The first-order valence-corrected chi connectivity index (χ1v) is 9.10. The van der Waals surface area contributed by atoms with Gasteiger partial charge in [-0.3, -0.25) is 9.78 Å². The fourth-order valence-electron chi connectivity index (χ4n) is 3.99. The second kappa shape index (κ2) is 5.86. The molecule has 0 N–H and O–H groups in total. The lowest BCUT2D eigenvalue weighted by molar-refractivity contribution is 0.332. The molecule has 3 aromatic heterocycles. The molecule has 0 radical (unpaired) electrons. The summed E-state index contributed by atoms with van der Waals surface area (Å²) >= 11 is 0. The minimum absolute atomic E-state index is 0.0264. The fraction of sp³-hybridized carbons (Fsp3) is 0.421. The summed E-state index contributed by atoms with van der Waals surface area (Å²) in [5.41, 5.74) is 3.14. The molecule has 0 saturated carbocycles. The molecule has 1 aliphatic heterocycles. The van der Waals surface area contributed by atoms with Crippen LogP contribution in [0.3, 0.4) is 0 Å². The van der Waals surface area contributed by atoms with Crippen molar-refractivity contribution in [1.82, 2.24) is 24.7 Å². The maximum atomic E-state index is 12.3. The van der Waals surface area contributed by atoms with Crippen molar-refractivity contribution in [2.24, 2.45) is 5.92 Å². The van der Waals surface area contributed by atoms with Crippen LogP contribution in [0.2, 0.25) is 0 Å². The van der Waals surface area contributed by atoms with Gasteiger partial charge in [0.15, 0.2) is 0 Å². The Bertz CT molecular complexity index is 1050. The Balaban J connectivity index is 1.35. The third kappa shape index (κ3) is 2.55. The van der Waals surface area contributed by atoms with E-state index in [9.17, 15) is 4.79 Å². The monoisotopic (exact) mass is 348 g/mol. The molecule has 132 valence electrons. The molecule has 3 aromatic rings. The summed E-state index contributed by atoms with van der Waals surface area (Å²) < 4.78 is 1.65. The summed E-state index contributed by atoms with van der Waals surface area (Å²) in [6, 6.07) is 3.74. The molecule has 7 heteroatoms. The second-order valence-electron chi connectivity index (χ2n) is 7.25. The van der Waals surface area contributed by atoms with E-state index in [4.69, 9.17) is 0 Å². The Morgan fingerprint density at radius 2 is 2.12 bits per heavy atom. The van der Waals surface area contributed by atoms with Gasteiger partial charge in [0.05, 0.1) is 24.0 Å². The SMILES string of the molecule is Cc1nc(N2CC(Cn3nc4c(cc3=O)CCC4)C2)c2ccncc2n1. The van der Waals surface area contributed by atoms with E-state index in [2.05, 4.69) is 25.0 Å². The van der Waals surface area contributed by atoms with E-state index in [0.717, 1.165) is 66.2 Å². The Morgan fingerprint density at radius 1 is 1.23 bits per heavy atom. The molecule has 26 heavy (non-hydrogen) atoms. The molecule has 1 saturated heterocycles. The smallest absolute Gasteiger partial charge is 0.267 e. The summed E-state index contributed by atoms with van der Waals surface area (Å²) in [5.74, 6) is 2.12. The van der Waals surface area contributed by atoms with Crippen LogP contribution < -0.4 is 10.5 Å². The van der Waals surface area contributed by atoms with Crippen molar-refractivity contribution in [3.63, 3.8) is 0 Å². The van der Waals surface area contributed by atoms with E-state index in [1.807, 2.05) is 13.0 Å². The maximum absolute atomic E-state index is 12.3. The van der Waals surface area contributed by atoms with Crippen molar-refractivity contribution < 1.29 is 0 Å². The number of rotatable bonds is 3. The standard InChI is InChI=1S/C19H20N6O/c1-12-21-17-8-20-6-5-15(17)19(22-12)24-9-13(10-24)11-25-18(26)7-14-3-2-4-16(14)23-25/h5-8,13H,2-4,9-11H2,1H3. The van der Waals surface area contributed by atoms with E-state index < -0.39 is 0 Å². The predicted molar refractivity (Wildman–Crippen MR) is 98.3 cm³/mol. The van der Waals surface area contributed by atoms with Crippen LogP contribution in [0.1, 0.15) is 23.5 Å². The first-order valence-electron chi connectivity index (χ1n) is 9.10. The molecular weight excluding hydrogens is 328 g/mol. The number of aromatic nitrogens is 5. The van der Waals surface area contributed by atoms with Crippen LogP contribution in [0, 0.1) is 12.8 Å². The molecule has 0 bridgehead atoms. The molecule has 0 unspecified atom stereocenters. The Hall–Kier alpha value is -2.83. The van der Waals surface area contributed by atoms with E-state index in [0.29, 0.717) is 12.5 Å². The molecule has 1 fully saturated rings. The number of aryl methyl sites for hydroxylation is 3. The molecule has 7 nitrogen and oxygen atoms in total. The van der Waals surface area contributed by atoms with Crippen molar-refractivity contribution in [2.45, 2.75) is 32.7 Å². The van der Waals surface area contributed by atoms with Gasteiger partial charge in [-0.05, 0) is 37.8 Å². The van der Waals surface area contributed by atoms with Crippen molar-refractivity contribution in [2.75, 3.05) is 18.0 Å². The van der Waals surface area contributed by atoms with Crippen LogP contribution >= 0.6 is 0 Å². The Morgan fingerprint density at radius 3 is 3.00 bits per heavy atom. The lowest BCUT2D eigenvalue weighted by atomic mass is 9.99. The van der Waals surface area contributed by atoms with E-state index >= 15 is 0 Å². The number of anilines is 1. The van der Waals surface area contributed by atoms with Crippen molar-refractivity contribution in [3.05, 3.63) is 52.0 Å². The molecule has 4 heterocycles. The number of fused-ring (bicyclic) bond motifs is 2. The molecular formula is C19H20N6O. The van der Waals surface area contributed by atoms with Crippen LogP contribution in [-0.2, 0) is 19.4 Å². The van der Waals surface area contributed by atoms with Crippen LogP contribution in [-0.4, -0.2) is 37.8 Å². The zero-order valence-corrected chi connectivity index (χ0v) is 14.7. The van der Waals surface area contributed by atoms with Gasteiger partial charge in [-0.15, -0.1) is 0 Å². The minimum atomic E-state index is 0.0264. The summed E-state index contributed by atoms with van der Waals surface area (Å²) in [7, 11) is 0.